The molecular formula is C9H14F3NO. The molecule has 0 aromatic rings. The summed E-state index contributed by atoms with van der Waals surface area (Å²) < 4.78 is 35.8. The van der Waals surface area contributed by atoms with Crippen LogP contribution >= 0.6 is 0 Å². The number of amides is 1. The maximum atomic E-state index is 11.9. The van der Waals surface area contributed by atoms with Gasteiger partial charge in [0.05, 0.1) is 0 Å². The topological polar surface area (TPSA) is 29.1 Å². The quantitative estimate of drug-likeness (QED) is 0.707. The van der Waals surface area contributed by atoms with Crippen molar-refractivity contribution in [2.24, 2.45) is 5.92 Å². The molecule has 0 spiro atoms. The van der Waals surface area contributed by atoms with Crippen LogP contribution in [0, 0.1) is 5.92 Å². The molecule has 0 rings (SSSR count). The number of nitrogens with one attached hydrogen (secondary N) is 1. The van der Waals surface area contributed by atoms with Crippen molar-refractivity contribution in [2.45, 2.75) is 26.4 Å². The van der Waals surface area contributed by atoms with Crippen LogP contribution in [0.2, 0.25) is 0 Å². The number of rotatable bonds is 4. The fourth-order valence-electron chi connectivity index (χ4n) is 0.710. The van der Waals surface area contributed by atoms with E-state index in [2.05, 4.69) is 11.9 Å². The largest absolute Gasteiger partial charge is 0.421 e. The molecule has 0 aliphatic carbocycles. The number of halogens is 3. The zero-order valence-corrected chi connectivity index (χ0v) is 8.24. The van der Waals surface area contributed by atoms with Crippen LogP contribution in [-0.2, 0) is 4.79 Å². The lowest BCUT2D eigenvalue weighted by atomic mass is 10.1. The third kappa shape index (κ3) is 4.89. The molecule has 0 aromatic carbocycles. The normalized spacial score (nSPS) is 11.6. The zero-order chi connectivity index (χ0) is 11.4. The Morgan fingerprint density at radius 1 is 1.43 bits per heavy atom. The van der Waals surface area contributed by atoms with Crippen molar-refractivity contribution in [1.29, 1.82) is 0 Å². The van der Waals surface area contributed by atoms with Crippen molar-refractivity contribution in [1.82, 2.24) is 5.32 Å². The highest BCUT2D eigenvalue weighted by Crippen LogP contribution is 2.23. The molecule has 0 saturated heterocycles. The molecule has 0 radical (unpaired) electrons. The van der Waals surface area contributed by atoms with Crippen molar-refractivity contribution in [3.05, 3.63) is 12.2 Å². The van der Waals surface area contributed by atoms with E-state index in [1.165, 1.54) is 0 Å². The SMILES string of the molecule is C=C(C(=O)NCCC(C)C)C(F)(F)F. The summed E-state index contributed by atoms with van der Waals surface area (Å²) in [6, 6.07) is 0. The molecule has 0 aliphatic heterocycles. The highest BCUT2D eigenvalue weighted by molar-refractivity contribution is 5.93. The van der Waals surface area contributed by atoms with Gasteiger partial charge in [0.2, 0.25) is 0 Å². The lowest BCUT2D eigenvalue weighted by Crippen LogP contribution is -2.32. The minimum atomic E-state index is -4.64. The van der Waals surface area contributed by atoms with Gasteiger partial charge in [-0.1, -0.05) is 20.4 Å². The van der Waals surface area contributed by atoms with Crippen LogP contribution in [0.1, 0.15) is 20.3 Å². The Labute approximate surface area is 81.2 Å². The molecule has 0 aromatic heterocycles. The Morgan fingerprint density at radius 2 is 1.93 bits per heavy atom. The molecular weight excluding hydrogens is 195 g/mol. The Bertz CT molecular complexity index is 221. The Morgan fingerprint density at radius 3 is 2.29 bits per heavy atom. The maximum Gasteiger partial charge on any atom is 0.421 e. The average Bonchev–Trinajstić information content (AvgIpc) is 2.00. The van der Waals surface area contributed by atoms with E-state index in [4.69, 9.17) is 0 Å². The molecule has 82 valence electrons. The van der Waals surface area contributed by atoms with Crippen molar-refractivity contribution in [3.8, 4) is 0 Å². The average molecular weight is 209 g/mol. The van der Waals surface area contributed by atoms with Gasteiger partial charge in [0.1, 0.15) is 5.57 Å². The van der Waals surface area contributed by atoms with Crippen LogP contribution in [0.25, 0.3) is 0 Å². The van der Waals surface area contributed by atoms with Crippen molar-refractivity contribution in [2.75, 3.05) is 6.54 Å². The first-order chi connectivity index (χ1) is 6.25. The third-order valence-electron chi connectivity index (χ3n) is 1.62. The summed E-state index contributed by atoms with van der Waals surface area (Å²) in [5.41, 5.74) is -1.35. The molecule has 0 bridgehead atoms. The fourth-order valence-corrected chi connectivity index (χ4v) is 0.710. The first-order valence-corrected chi connectivity index (χ1v) is 4.29. The van der Waals surface area contributed by atoms with E-state index >= 15 is 0 Å². The van der Waals surface area contributed by atoms with Crippen LogP contribution in [-0.4, -0.2) is 18.6 Å². The molecule has 5 heteroatoms. The fraction of sp³-hybridized carbons (Fsp3) is 0.667. The number of carbonyl (C=O) groups excluding carboxylic acids is 1. The summed E-state index contributed by atoms with van der Waals surface area (Å²) in [7, 11) is 0. The molecule has 0 unspecified atom stereocenters. The van der Waals surface area contributed by atoms with E-state index in [9.17, 15) is 18.0 Å². The lowest BCUT2D eigenvalue weighted by Gasteiger charge is -2.11. The summed E-state index contributed by atoms with van der Waals surface area (Å²) in [6.45, 7) is 6.77. The highest BCUT2D eigenvalue weighted by Gasteiger charge is 2.36. The number of hydrogen-bond acceptors (Lipinski definition) is 1. The number of alkyl halides is 3. The van der Waals surface area contributed by atoms with Gasteiger partial charge in [0.25, 0.3) is 5.91 Å². The van der Waals surface area contributed by atoms with Crippen molar-refractivity contribution in [3.63, 3.8) is 0 Å². The van der Waals surface area contributed by atoms with Gasteiger partial charge in [-0.05, 0) is 12.3 Å². The van der Waals surface area contributed by atoms with Gasteiger partial charge in [-0.25, -0.2) is 0 Å². The van der Waals surface area contributed by atoms with Gasteiger partial charge in [0, 0.05) is 6.54 Å². The molecule has 0 atom stereocenters. The second-order valence-corrected chi connectivity index (χ2v) is 3.41. The standard InChI is InChI=1S/C9H14F3NO/c1-6(2)4-5-13-8(14)7(3)9(10,11)12/h6H,3-5H2,1-2H3,(H,13,14). The minimum absolute atomic E-state index is 0.242. The summed E-state index contributed by atoms with van der Waals surface area (Å²) in [5.74, 6) is -0.799. The predicted molar refractivity (Wildman–Crippen MR) is 47.7 cm³/mol. The van der Waals surface area contributed by atoms with Gasteiger partial charge in [-0.15, -0.1) is 0 Å². The smallest absolute Gasteiger partial charge is 0.352 e. The zero-order valence-electron chi connectivity index (χ0n) is 8.24. The summed E-state index contributed by atoms with van der Waals surface area (Å²) in [4.78, 5) is 10.8. The predicted octanol–water partition coefficient (Wildman–Crippen LogP) is 2.27. The summed E-state index contributed by atoms with van der Waals surface area (Å²) >= 11 is 0. The molecule has 0 heterocycles. The molecule has 1 amide bonds. The van der Waals surface area contributed by atoms with Gasteiger partial charge < -0.3 is 5.32 Å². The number of hydrogen-bond donors (Lipinski definition) is 1. The maximum absolute atomic E-state index is 11.9. The van der Waals surface area contributed by atoms with Gasteiger partial charge in [-0.2, -0.15) is 13.2 Å². The second-order valence-electron chi connectivity index (χ2n) is 3.41. The van der Waals surface area contributed by atoms with E-state index in [0.29, 0.717) is 12.3 Å². The molecule has 1 N–H and O–H groups in total. The first-order valence-electron chi connectivity index (χ1n) is 4.29. The van der Waals surface area contributed by atoms with E-state index in [0.717, 1.165) is 0 Å². The molecule has 2 nitrogen and oxygen atoms in total. The van der Waals surface area contributed by atoms with E-state index < -0.39 is 17.7 Å². The lowest BCUT2D eigenvalue weighted by molar-refractivity contribution is -0.130. The van der Waals surface area contributed by atoms with Crippen molar-refractivity contribution >= 4 is 5.91 Å². The van der Waals surface area contributed by atoms with Crippen LogP contribution in [0.4, 0.5) is 13.2 Å². The van der Waals surface area contributed by atoms with E-state index in [-0.39, 0.29) is 6.54 Å². The third-order valence-corrected chi connectivity index (χ3v) is 1.62. The molecule has 0 saturated carbocycles. The Hall–Kier alpha value is -1.00. The van der Waals surface area contributed by atoms with Gasteiger partial charge in [0.15, 0.2) is 0 Å². The second kappa shape index (κ2) is 5.02. The van der Waals surface area contributed by atoms with E-state index in [1.54, 1.807) is 0 Å². The number of carbonyl (C=O) groups is 1. The van der Waals surface area contributed by atoms with Crippen LogP contribution in [0.15, 0.2) is 12.2 Å². The Balaban J connectivity index is 3.93. The Kier molecular flexibility index (Phi) is 4.67. The van der Waals surface area contributed by atoms with E-state index in [1.807, 2.05) is 13.8 Å². The highest BCUT2D eigenvalue weighted by atomic mass is 19.4. The van der Waals surface area contributed by atoms with Gasteiger partial charge in [-0.3, -0.25) is 4.79 Å². The molecule has 14 heavy (non-hydrogen) atoms. The monoisotopic (exact) mass is 209 g/mol. The van der Waals surface area contributed by atoms with Crippen LogP contribution in [0.3, 0.4) is 0 Å². The van der Waals surface area contributed by atoms with Gasteiger partial charge >= 0.3 is 6.18 Å². The van der Waals surface area contributed by atoms with Crippen LogP contribution in [0.5, 0.6) is 0 Å². The summed E-state index contributed by atoms with van der Waals surface area (Å²) in [5, 5.41) is 2.16. The van der Waals surface area contributed by atoms with Crippen molar-refractivity contribution < 1.29 is 18.0 Å². The molecule has 0 fully saturated rings. The minimum Gasteiger partial charge on any atom is -0.352 e. The first kappa shape index (κ1) is 13.0. The van der Waals surface area contributed by atoms with Crippen LogP contribution < -0.4 is 5.32 Å². The molecule has 0 aliphatic rings. The summed E-state index contributed by atoms with van der Waals surface area (Å²) in [6.07, 6.45) is -3.99.